The molecule has 112 valence electrons. The van der Waals surface area contributed by atoms with E-state index in [0.29, 0.717) is 27.3 Å². The summed E-state index contributed by atoms with van der Waals surface area (Å²) in [5, 5.41) is 0.351. The Labute approximate surface area is 127 Å². The highest BCUT2D eigenvalue weighted by Gasteiger charge is 2.60. The summed E-state index contributed by atoms with van der Waals surface area (Å²) in [5.41, 5.74) is 1.50. The Morgan fingerprint density at radius 2 is 1.80 bits per heavy atom. The highest BCUT2D eigenvalue weighted by molar-refractivity contribution is 8.00. The van der Waals surface area contributed by atoms with Gasteiger partial charge in [0, 0.05) is 6.42 Å². The topological polar surface area (TPSA) is 17.1 Å². The van der Waals surface area contributed by atoms with Gasteiger partial charge in [-0.1, -0.05) is 13.8 Å². The first-order valence-electron chi connectivity index (χ1n) is 8.54. The lowest BCUT2D eigenvalue weighted by Gasteiger charge is -2.65. The molecule has 0 aromatic carbocycles. The van der Waals surface area contributed by atoms with Gasteiger partial charge in [0.1, 0.15) is 5.78 Å². The molecule has 5 aliphatic rings. The van der Waals surface area contributed by atoms with Gasteiger partial charge in [-0.25, -0.2) is 0 Å². The molecule has 1 saturated heterocycles. The molecule has 5 fully saturated rings. The Morgan fingerprint density at radius 3 is 2.35 bits per heavy atom. The molecule has 0 radical (unpaired) electrons. The number of Topliss-reactive ketones (excluding diaryl/α,β-unsaturated/α-hetero) is 1. The summed E-state index contributed by atoms with van der Waals surface area (Å²) in [7, 11) is 0. The van der Waals surface area contributed by atoms with Gasteiger partial charge < -0.3 is 0 Å². The quantitative estimate of drug-likeness (QED) is 0.740. The highest BCUT2D eigenvalue weighted by Crippen LogP contribution is 2.70. The number of ketones is 1. The normalized spacial score (nSPS) is 53.5. The Balaban J connectivity index is 1.56. The maximum Gasteiger partial charge on any atom is 0.146 e. The van der Waals surface area contributed by atoms with Crippen molar-refractivity contribution in [2.75, 3.05) is 5.75 Å². The summed E-state index contributed by atoms with van der Waals surface area (Å²) in [6.45, 7) is 5.03. The molecule has 0 N–H and O–H groups in total. The molecule has 20 heavy (non-hydrogen) atoms. The number of hydrogen-bond donors (Lipinski definition) is 0. The lowest BCUT2D eigenvalue weighted by Crippen LogP contribution is -2.55. The van der Waals surface area contributed by atoms with Gasteiger partial charge in [0.25, 0.3) is 0 Å². The van der Waals surface area contributed by atoms with Crippen molar-refractivity contribution >= 4 is 17.5 Å². The van der Waals surface area contributed by atoms with Crippen LogP contribution in [-0.4, -0.2) is 16.8 Å². The van der Waals surface area contributed by atoms with Crippen molar-refractivity contribution in [2.45, 2.75) is 76.9 Å². The molecular weight excluding hydrogens is 264 g/mol. The molecule has 4 aliphatic carbocycles. The third kappa shape index (κ3) is 2.17. The minimum Gasteiger partial charge on any atom is -0.298 e. The van der Waals surface area contributed by atoms with Crippen LogP contribution in [0.5, 0.6) is 0 Å². The second-order valence-corrected chi connectivity index (χ2v) is 10.6. The average molecular weight is 292 g/mol. The molecule has 1 nitrogen and oxygen atoms in total. The molecule has 5 rings (SSSR count). The van der Waals surface area contributed by atoms with E-state index in [2.05, 4.69) is 13.8 Å². The zero-order valence-corrected chi connectivity index (χ0v) is 13.9. The molecule has 2 heteroatoms. The zero-order valence-electron chi connectivity index (χ0n) is 13.0. The smallest absolute Gasteiger partial charge is 0.146 e. The van der Waals surface area contributed by atoms with Crippen LogP contribution in [0.25, 0.3) is 0 Å². The summed E-state index contributed by atoms with van der Waals surface area (Å²) in [6.07, 6.45) is 11.7. The number of thioether (sulfide) groups is 1. The molecule has 0 spiro atoms. The van der Waals surface area contributed by atoms with E-state index in [4.69, 9.17) is 0 Å². The zero-order chi connectivity index (χ0) is 14.0. The van der Waals surface area contributed by atoms with Crippen LogP contribution in [-0.2, 0) is 4.79 Å². The molecular formula is C18H28OS. The van der Waals surface area contributed by atoms with Crippen LogP contribution >= 0.6 is 11.8 Å². The molecule has 0 amide bonds. The summed E-state index contributed by atoms with van der Waals surface area (Å²) < 4.78 is 0. The number of rotatable bonds is 3. The van der Waals surface area contributed by atoms with Gasteiger partial charge in [-0.2, -0.15) is 11.8 Å². The predicted octanol–water partition coefficient (Wildman–Crippen LogP) is 4.84. The van der Waals surface area contributed by atoms with Crippen LogP contribution in [0.3, 0.4) is 0 Å². The van der Waals surface area contributed by atoms with Crippen molar-refractivity contribution < 1.29 is 4.79 Å². The Hall–Kier alpha value is 0.0200. The lowest BCUT2D eigenvalue weighted by molar-refractivity contribution is -0.154. The summed E-state index contributed by atoms with van der Waals surface area (Å²) in [4.78, 5) is 12.7. The van der Waals surface area contributed by atoms with Crippen molar-refractivity contribution in [1.82, 2.24) is 0 Å². The van der Waals surface area contributed by atoms with Gasteiger partial charge in [-0.15, -0.1) is 0 Å². The van der Waals surface area contributed by atoms with Crippen molar-refractivity contribution in [2.24, 2.45) is 22.2 Å². The van der Waals surface area contributed by atoms with E-state index >= 15 is 0 Å². The van der Waals surface area contributed by atoms with E-state index in [1.165, 1.54) is 50.7 Å². The first kappa shape index (κ1) is 13.7. The van der Waals surface area contributed by atoms with E-state index in [1.54, 1.807) is 0 Å². The number of hydrogen-bond acceptors (Lipinski definition) is 2. The van der Waals surface area contributed by atoms with Gasteiger partial charge >= 0.3 is 0 Å². The summed E-state index contributed by atoms with van der Waals surface area (Å²) in [6, 6.07) is 0. The minimum atomic E-state index is 0.351. The molecule has 3 atom stereocenters. The predicted molar refractivity (Wildman–Crippen MR) is 84.9 cm³/mol. The first-order valence-corrected chi connectivity index (χ1v) is 9.59. The van der Waals surface area contributed by atoms with Crippen molar-refractivity contribution in [3.05, 3.63) is 0 Å². The molecule has 3 unspecified atom stereocenters. The number of carbonyl (C=O) groups is 1. The van der Waals surface area contributed by atoms with Crippen molar-refractivity contribution in [3.63, 3.8) is 0 Å². The van der Waals surface area contributed by atoms with Gasteiger partial charge in [-0.3, -0.25) is 4.79 Å². The van der Waals surface area contributed by atoms with Crippen LogP contribution in [0.2, 0.25) is 0 Å². The van der Waals surface area contributed by atoms with Gasteiger partial charge in [0.05, 0.1) is 5.25 Å². The highest BCUT2D eigenvalue weighted by atomic mass is 32.2. The maximum absolute atomic E-state index is 12.7. The lowest BCUT2D eigenvalue weighted by atomic mass is 9.39. The number of carbonyl (C=O) groups excluding carboxylic acids is 1. The molecule has 4 saturated carbocycles. The second kappa shape index (κ2) is 4.27. The van der Waals surface area contributed by atoms with Crippen LogP contribution < -0.4 is 0 Å². The van der Waals surface area contributed by atoms with Crippen molar-refractivity contribution in [3.8, 4) is 0 Å². The van der Waals surface area contributed by atoms with Gasteiger partial charge in [0.2, 0.25) is 0 Å². The maximum atomic E-state index is 12.7. The summed E-state index contributed by atoms with van der Waals surface area (Å²) in [5.74, 6) is 2.73. The molecule has 0 aromatic rings. The second-order valence-electron chi connectivity index (χ2n) is 9.27. The molecule has 0 aromatic heterocycles. The van der Waals surface area contributed by atoms with Crippen LogP contribution in [0.15, 0.2) is 0 Å². The molecule has 1 heterocycles. The van der Waals surface area contributed by atoms with Crippen LogP contribution in [0.4, 0.5) is 0 Å². The average Bonchev–Trinajstić information content (AvgIpc) is 2.75. The molecule has 4 bridgehead atoms. The van der Waals surface area contributed by atoms with Gasteiger partial charge in [-0.05, 0) is 79.3 Å². The van der Waals surface area contributed by atoms with Crippen LogP contribution in [0, 0.1) is 22.2 Å². The summed E-state index contributed by atoms with van der Waals surface area (Å²) >= 11 is 1.93. The largest absolute Gasteiger partial charge is 0.298 e. The molecule has 1 aliphatic heterocycles. The fraction of sp³-hybridized carbons (Fsp3) is 0.944. The van der Waals surface area contributed by atoms with E-state index in [9.17, 15) is 4.79 Å². The van der Waals surface area contributed by atoms with Crippen molar-refractivity contribution in [1.29, 1.82) is 0 Å². The SMILES string of the molecule is CC12CC3CC(C)(C1)CC(CC(=O)C1CCCS1)(C3)C2. The fourth-order valence-corrected chi connectivity index (χ4v) is 8.42. The van der Waals surface area contributed by atoms with E-state index in [1.807, 2.05) is 11.8 Å². The standard InChI is InChI=1S/C18H28OS/c1-16-6-13-7-17(2,10-16)12-18(8-13,11-16)9-14(19)15-4-3-5-20-15/h13,15H,3-12H2,1-2H3. The van der Waals surface area contributed by atoms with Gasteiger partial charge in [0.15, 0.2) is 0 Å². The third-order valence-electron chi connectivity index (χ3n) is 6.58. The first-order chi connectivity index (χ1) is 9.40. The van der Waals surface area contributed by atoms with E-state index in [-0.39, 0.29) is 0 Å². The van der Waals surface area contributed by atoms with E-state index < -0.39 is 0 Å². The third-order valence-corrected chi connectivity index (χ3v) is 8.01. The monoisotopic (exact) mass is 292 g/mol. The fourth-order valence-electron chi connectivity index (χ4n) is 7.20. The minimum absolute atomic E-state index is 0.351. The Kier molecular flexibility index (Phi) is 2.92. The Morgan fingerprint density at radius 1 is 1.10 bits per heavy atom. The Bertz CT molecular complexity index is 419. The van der Waals surface area contributed by atoms with Crippen LogP contribution in [0.1, 0.15) is 71.6 Å². The van der Waals surface area contributed by atoms with E-state index in [0.717, 1.165) is 18.8 Å².